The van der Waals surface area contributed by atoms with Crippen molar-refractivity contribution in [2.75, 3.05) is 26.0 Å². The number of unbranched alkanes of at least 4 members (excludes halogenated alkanes) is 1. The molecule has 0 spiro atoms. The Morgan fingerprint density at radius 1 is 1.50 bits per heavy atom. The van der Waals surface area contributed by atoms with E-state index in [9.17, 15) is 4.79 Å². The van der Waals surface area contributed by atoms with Gasteiger partial charge in [0.05, 0.1) is 13.2 Å². The molecular formula is C15H29NO3S. The van der Waals surface area contributed by atoms with Gasteiger partial charge < -0.3 is 14.8 Å². The largest absolute Gasteiger partial charge is 0.468 e. The van der Waals surface area contributed by atoms with Gasteiger partial charge in [0.2, 0.25) is 0 Å². The fourth-order valence-electron chi connectivity index (χ4n) is 2.62. The number of esters is 1. The molecule has 4 nitrogen and oxygen atoms in total. The monoisotopic (exact) mass is 303 g/mol. The second-order valence-corrected chi connectivity index (χ2v) is 6.93. The van der Waals surface area contributed by atoms with Crippen LogP contribution in [0.5, 0.6) is 0 Å². The molecule has 0 aromatic heterocycles. The number of carbonyl (C=O) groups excluding carboxylic acids is 1. The molecule has 3 unspecified atom stereocenters. The molecule has 20 heavy (non-hydrogen) atoms. The van der Waals surface area contributed by atoms with Crippen molar-refractivity contribution in [1.29, 1.82) is 0 Å². The van der Waals surface area contributed by atoms with Gasteiger partial charge in [-0.2, -0.15) is 11.8 Å². The van der Waals surface area contributed by atoms with Crippen LogP contribution in [0, 0.1) is 0 Å². The van der Waals surface area contributed by atoms with Crippen LogP contribution in [0.25, 0.3) is 0 Å². The van der Waals surface area contributed by atoms with E-state index in [-0.39, 0.29) is 5.97 Å². The van der Waals surface area contributed by atoms with Crippen LogP contribution in [-0.2, 0) is 14.3 Å². The number of rotatable bonds is 9. The Kier molecular flexibility index (Phi) is 7.92. The van der Waals surface area contributed by atoms with Crippen LogP contribution < -0.4 is 5.32 Å². The Labute approximate surface area is 127 Å². The van der Waals surface area contributed by atoms with E-state index >= 15 is 0 Å². The van der Waals surface area contributed by atoms with Gasteiger partial charge >= 0.3 is 5.97 Å². The summed E-state index contributed by atoms with van der Waals surface area (Å²) < 4.78 is 10.5. The van der Waals surface area contributed by atoms with Gasteiger partial charge in [-0.3, -0.25) is 4.79 Å². The van der Waals surface area contributed by atoms with Gasteiger partial charge in [0.1, 0.15) is 5.54 Å². The molecule has 0 aromatic carbocycles. The molecule has 0 radical (unpaired) electrons. The SMILES string of the molecule is CCNC(C)(CCCCSC1CCOC1C)C(=O)OC. The summed E-state index contributed by atoms with van der Waals surface area (Å²) in [5.41, 5.74) is -0.544. The predicted molar refractivity (Wildman–Crippen MR) is 84.2 cm³/mol. The van der Waals surface area contributed by atoms with E-state index in [0.717, 1.165) is 38.2 Å². The summed E-state index contributed by atoms with van der Waals surface area (Å²) in [5.74, 6) is 0.978. The van der Waals surface area contributed by atoms with E-state index in [1.54, 1.807) is 0 Å². The number of likely N-dealkylation sites (N-methyl/N-ethyl adjacent to an activating group) is 1. The summed E-state index contributed by atoms with van der Waals surface area (Å²) in [4.78, 5) is 11.8. The quantitative estimate of drug-likeness (QED) is 0.524. The molecular weight excluding hydrogens is 274 g/mol. The van der Waals surface area contributed by atoms with E-state index in [4.69, 9.17) is 9.47 Å². The third kappa shape index (κ3) is 5.26. The molecule has 118 valence electrons. The zero-order valence-corrected chi connectivity index (χ0v) is 14.1. The molecule has 0 amide bonds. The molecule has 0 bridgehead atoms. The van der Waals surface area contributed by atoms with Gasteiger partial charge in [-0.05, 0) is 45.4 Å². The molecule has 3 atom stereocenters. The normalized spacial score (nSPS) is 25.4. The summed E-state index contributed by atoms with van der Waals surface area (Å²) in [7, 11) is 1.45. The van der Waals surface area contributed by atoms with Crippen molar-refractivity contribution in [3.8, 4) is 0 Å². The lowest BCUT2D eigenvalue weighted by Gasteiger charge is -2.27. The van der Waals surface area contributed by atoms with E-state index in [2.05, 4.69) is 12.2 Å². The molecule has 1 heterocycles. The van der Waals surface area contributed by atoms with Crippen LogP contribution in [0.2, 0.25) is 0 Å². The summed E-state index contributed by atoms with van der Waals surface area (Å²) in [6, 6.07) is 0. The van der Waals surface area contributed by atoms with Crippen LogP contribution in [0.3, 0.4) is 0 Å². The zero-order chi connectivity index (χ0) is 15.0. The Bertz CT molecular complexity index is 301. The maximum atomic E-state index is 11.8. The first-order valence-electron chi connectivity index (χ1n) is 7.60. The fraction of sp³-hybridized carbons (Fsp3) is 0.933. The number of thioether (sulfide) groups is 1. The molecule has 0 aliphatic carbocycles. The summed E-state index contributed by atoms with van der Waals surface area (Å²) in [6.45, 7) is 7.78. The Hall–Kier alpha value is -0.260. The lowest BCUT2D eigenvalue weighted by Crippen LogP contribution is -2.50. The van der Waals surface area contributed by atoms with Gasteiger partial charge in [0.15, 0.2) is 0 Å². The van der Waals surface area contributed by atoms with Crippen molar-refractivity contribution in [3.63, 3.8) is 0 Å². The molecule has 1 N–H and O–H groups in total. The highest BCUT2D eigenvalue weighted by molar-refractivity contribution is 7.99. The van der Waals surface area contributed by atoms with Crippen LogP contribution >= 0.6 is 11.8 Å². The Balaban J connectivity index is 2.22. The first-order valence-corrected chi connectivity index (χ1v) is 8.65. The van der Waals surface area contributed by atoms with Crippen molar-refractivity contribution in [1.82, 2.24) is 5.32 Å². The fourth-order valence-corrected chi connectivity index (χ4v) is 3.91. The van der Waals surface area contributed by atoms with Crippen LogP contribution in [0.15, 0.2) is 0 Å². The molecule has 1 saturated heterocycles. The topological polar surface area (TPSA) is 47.6 Å². The lowest BCUT2D eigenvalue weighted by atomic mass is 9.95. The highest BCUT2D eigenvalue weighted by Gasteiger charge is 2.32. The van der Waals surface area contributed by atoms with Crippen molar-refractivity contribution in [2.45, 2.75) is 63.3 Å². The van der Waals surface area contributed by atoms with Crippen LogP contribution in [-0.4, -0.2) is 48.9 Å². The molecule has 1 rings (SSSR count). The van der Waals surface area contributed by atoms with Crippen molar-refractivity contribution >= 4 is 17.7 Å². The third-order valence-electron chi connectivity index (χ3n) is 3.91. The van der Waals surface area contributed by atoms with Crippen LogP contribution in [0.1, 0.15) is 46.5 Å². The minimum Gasteiger partial charge on any atom is -0.468 e. The van der Waals surface area contributed by atoms with Crippen molar-refractivity contribution < 1.29 is 14.3 Å². The summed E-state index contributed by atoms with van der Waals surface area (Å²) in [5, 5.41) is 3.90. The predicted octanol–water partition coefficient (Wildman–Crippen LogP) is 2.61. The van der Waals surface area contributed by atoms with Gasteiger partial charge in [-0.1, -0.05) is 13.3 Å². The van der Waals surface area contributed by atoms with Gasteiger partial charge in [-0.25, -0.2) is 0 Å². The molecule has 0 aromatic rings. The van der Waals surface area contributed by atoms with Crippen LogP contribution in [0.4, 0.5) is 0 Å². The zero-order valence-electron chi connectivity index (χ0n) is 13.2. The lowest BCUT2D eigenvalue weighted by molar-refractivity contribution is -0.148. The number of hydrogen-bond acceptors (Lipinski definition) is 5. The number of methoxy groups -OCH3 is 1. The van der Waals surface area contributed by atoms with E-state index < -0.39 is 5.54 Å². The van der Waals surface area contributed by atoms with Crippen molar-refractivity contribution in [2.24, 2.45) is 0 Å². The second-order valence-electron chi connectivity index (χ2n) is 5.58. The van der Waals surface area contributed by atoms with E-state index in [1.165, 1.54) is 13.5 Å². The molecule has 1 aliphatic heterocycles. The molecule has 5 heteroatoms. The minimum absolute atomic E-state index is 0.162. The average Bonchev–Trinajstić information content (AvgIpc) is 2.83. The molecule has 1 aliphatic rings. The van der Waals surface area contributed by atoms with Gasteiger partial charge in [0.25, 0.3) is 0 Å². The maximum Gasteiger partial charge on any atom is 0.325 e. The third-order valence-corrected chi connectivity index (χ3v) is 5.48. The maximum absolute atomic E-state index is 11.8. The van der Waals surface area contributed by atoms with Crippen molar-refractivity contribution in [3.05, 3.63) is 0 Å². The Morgan fingerprint density at radius 3 is 2.80 bits per heavy atom. The standard InChI is InChI=1S/C15H29NO3S/c1-5-16-15(3,14(17)18-4)9-6-7-11-20-13-8-10-19-12(13)2/h12-13,16H,5-11H2,1-4H3. The molecule has 1 fully saturated rings. The number of ether oxygens (including phenoxy) is 2. The highest BCUT2D eigenvalue weighted by atomic mass is 32.2. The summed E-state index contributed by atoms with van der Waals surface area (Å²) >= 11 is 2.01. The van der Waals surface area contributed by atoms with E-state index in [0.29, 0.717) is 11.4 Å². The smallest absolute Gasteiger partial charge is 0.325 e. The first-order chi connectivity index (χ1) is 9.53. The average molecular weight is 303 g/mol. The van der Waals surface area contributed by atoms with Gasteiger partial charge in [0, 0.05) is 11.9 Å². The van der Waals surface area contributed by atoms with Gasteiger partial charge in [-0.15, -0.1) is 0 Å². The van der Waals surface area contributed by atoms with E-state index in [1.807, 2.05) is 25.6 Å². The minimum atomic E-state index is -0.544. The summed E-state index contributed by atoms with van der Waals surface area (Å²) in [6.07, 6.45) is 4.55. The number of carbonyl (C=O) groups is 1. The number of nitrogens with one attached hydrogen (secondary N) is 1. The number of hydrogen-bond donors (Lipinski definition) is 1. The first kappa shape index (κ1) is 17.8. The second kappa shape index (κ2) is 8.90. The Morgan fingerprint density at radius 2 is 2.25 bits per heavy atom. The highest BCUT2D eigenvalue weighted by Crippen LogP contribution is 2.27. The molecule has 0 saturated carbocycles.